The fraction of sp³-hybridized carbons (Fsp3) is 0.217. The van der Waals surface area contributed by atoms with E-state index in [-0.39, 0.29) is 13.2 Å². The third kappa shape index (κ3) is 3.50. The number of alkyl carbamates (subject to hydrolysis) is 2. The molecule has 0 bridgehead atoms. The summed E-state index contributed by atoms with van der Waals surface area (Å²) >= 11 is 0. The van der Waals surface area contributed by atoms with Gasteiger partial charge >= 0.3 is 12.2 Å². The monoisotopic (exact) mass is 405 g/mol. The lowest BCUT2D eigenvalue weighted by atomic mass is 10.0. The lowest BCUT2D eigenvalue weighted by Gasteiger charge is -2.13. The quantitative estimate of drug-likeness (QED) is 0.530. The Morgan fingerprint density at radius 3 is 2.13 bits per heavy atom. The molecule has 0 saturated heterocycles. The molecule has 2 amide bonds. The summed E-state index contributed by atoms with van der Waals surface area (Å²) in [5, 5.41) is 4.95. The summed E-state index contributed by atoms with van der Waals surface area (Å²) in [4.78, 5) is 23.6. The predicted octanol–water partition coefficient (Wildman–Crippen LogP) is 3.76. The Hall–Kier alpha value is -3.74. The highest BCUT2D eigenvalue weighted by molar-refractivity contribution is 5.75. The number of hydrogen-bond donors (Lipinski definition) is 2. The summed E-state index contributed by atoms with van der Waals surface area (Å²) < 4.78 is 13.0. The van der Waals surface area contributed by atoms with Crippen LogP contribution in [0.3, 0.4) is 0 Å². The molecule has 1 aliphatic heterocycles. The van der Waals surface area contributed by atoms with Crippen molar-refractivity contribution in [2.24, 2.45) is 0 Å². The van der Waals surface area contributed by atoms with Crippen LogP contribution in [0.25, 0.3) is 16.9 Å². The molecule has 30 heavy (non-hydrogen) atoms. The van der Waals surface area contributed by atoms with Crippen LogP contribution in [0.15, 0.2) is 54.6 Å². The summed E-state index contributed by atoms with van der Waals surface area (Å²) in [7, 11) is 3.04. The molecule has 0 fully saturated rings. The van der Waals surface area contributed by atoms with Crippen molar-refractivity contribution in [1.82, 2.24) is 15.2 Å². The number of rotatable bonds is 5. The highest BCUT2D eigenvalue weighted by Crippen LogP contribution is 2.41. The van der Waals surface area contributed by atoms with Gasteiger partial charge in [0, 0.05) is 43.0 Å². The van der Waals surface area contributed by atoms with Crippen LogP contribution in [-0.2, 0) is 29.1 Å². The Bertz CT molecular complexity index is 1090. The van der Waals surface area contributed by atoms with E-state index in [1.165, 1.54) is 19.7 Å². The summed E-state index contributed by atoms with van der Waals surface area (Å²) in [6, 6.07) is 18.1. The highest BCUT2D eigenvalue weighted by Gasteiger charge is 2.31. The van der Waals surface area contributed by atoms with Gasteiger partial charge in [-0.1, -0.05) is 48.5 Å². The number of para-hydroxylation sites is 1. The van der Waals surface area contributed by atoms with Crippen LogP contribution in [0.1, 0.15) is 22.4 Å². The summed E-state index contributed by atoms with van der Waals surface area (Å²) in [6.07, 6.45) is -0.313. The second-order valence-electron chi connectivity index (χ2n) is 6.91. The Balaban J connectivity index is 1.89. The molecule has 2 heterocycles. The zero-order valence-corrected chi connectivity index (χ0v) is 16.9. The van der Waals surface area contributed by atoms with Gasteiger partial charge in [-0.15, -0.1) is 0 Å². The molecular formula is C23H23N3O4. The Morgan fingerprint density at radius 1 is 0.867 bits per heavy atom. The lowest BCUT2D eigenvalue weighted by Crippen LogP contribution is -2.20. The van der Waals surface area contributed by atoms with E-state index in [1.54, 1.807) is 0 Å². The minimum Gasteiger partial charge on any atom is -0.445 e. The fourth-order valence-electron chi connectivity index (χ4n) is 3.88. The van der Waals surface area contributed by atoms with Gasteiger partial charge in [0.05, 0.1) is 5.69 Å². The van der Waals surface area contributed by atoms with E-state index in [1.807, 2.05) is 42.5 Å². The number of benzene rings is 2. The molecule has 3 aromatic rings. The average Bonchev–Trinajstić information content (AvgIpc) is 3.30. The molecule has 1 aromatic heterocycles. The summed E-state index contributed by atoms with van der Waals surface area (Å²) in [5.74, 6) is 0. The first kappa shape index (κ1) is 19.6. The Morgan fingerprint density at radius 2 is 1.47 bits per heavy atom. The van der Waals surface area contributed by atoms with Crippen LogP contribution in [0.2, 0.25) is 0 Å². The normalized spacial score (nSPS) is 11.4. The maximum Gasteiger partial charge on any atom is 0.407 e. The molecular weight excluding hydrogens is 382 g/mol. The molecule has 0 saturated carbocycles. The number of amides is 2. The second kappa shape index (κ2) is 8.32. The van der Waals surface area contributed by atoms with Crippen molar-refractivity contribution >= 4 is 12.2 Å². The van der Waals surface area contributed by atoms with Crippen molar-refractivity contribution in [3.63, 3.8) is 0 Å². The van der Waals surface area contributed by atoms with E-state index in [0.717, 1.165) is 33.8 Å². The van der Waals surface area contributed by atoms with E-state index in [4.69, 9.17) is 9.47 Å². The molecule has 0 unspecified atom stereocenters. The third-order valence-electron chi connectivity index (χ3n) is 5.23. The summed E-state index contributed by atoms with van der Waals surface area (Å²) in [6.45, 7) is 0.154. The lowest BCUT2D eigenvalue weighted by molar-refractivity contribution is 0.134. The first-order chi connectivity index (χ1) is 14.6. The maximum absolute atomic E-state index is 11.8. The molecule has 0 spiro atoms. The van der Waals surface area contributed by atoms with Gasteiger partial charge in [0.1, 0.15) is 13.2 Å². The summed E-state index contributed by atoms with van der Waals surface area (Å²) in [5.41, 5.74) is 6.95. The van der Waals surface area contributed by atoms with E-state index < -0.39 is 12.2 Å². The van der Waals surface area contributed by atoms with Gasteiger partial charge in [-0.2, -0.15) is 0 Å². The number of fused-ring (bicyclic) bond motifs is 3. The van der Waals surface area contributed by atoms with Crippen molar-refractivity contribution in [2.45, 2.75) is 19.6 Å². The first-order valence-electron chi connectivity index (χ1n) is 9.72. The topological polar surface area (TPSA) is 81.6 Å². The molecule has 0 aliphatic carbocycles. The van der Waals surface area contributed by atoms with Crippen LogP contribution in [-0.4, -0.2) is 30.8 Å². The van der Waals surface area contributed by atoms with E-state index in [0.29, 0.717) is 6.42 Å². The Labute approximate surface area is 174 Å². The predicted molar refractivity (Wildman–Crippen MR) is 113 cm³/mol. The molecule has 154 valence electrons. The van der Waals surface area contributed by atoms with Gasteiger partial charge in [-0.3, -0.25) is 0 Å². The SMILES string of the molecule is CNC(=O)OCc1c(COC(=O)NC)c(-c2ccccc2)n2c1Cc1ccccc1-2. The zero-order chi connectivity index (χ0) is 21.1. The van der Waals surface area contributed by atoms with Crippen molar-refractivity contribution in [3.8, 4) is 16.9 Å². The average molecular weight is 405 g/mol. The van der Waals surface area contributed by atoms with Crippen LogP contribution >= 0.6 is 0 Å². The van der Waals surface area contributed by atoms with Gasteiger partial charge < -0.3 is 24.7 Å². The number of aromatic nitrogens is 1. The Kier molecular flexibility index (Phi) is 5.43. The van der Waals surface area contributed by atoms with Crippen molar-refractivity contribution < 1.29 is 19.1 Å². The van der Waals surface area contributed by atoms with Crippen molar-refractivity contribution in [1.29, 1.82) is 0 Å². The van der Waals surface area contributed by atoms with Gasteiger partial charge in [0.25, 0.3) is 0 Å². The van der Waals surface area contributed by atoms with Gasteiger partial charge in [-0.05, 0) is 17.2 Å². The second-order valence-corrected chi connectivity index (χ2v) is 6.91. The van der Waals surface area contributed by atoms with Gasteiger partial charge in [0.2, 0.25) is 0 Å². The maximum atomic E-state index is 11.8. The molecule has 7 heteroatoms. The molecule has 2 N–H and O–H groups in total. The van der Waals surface area contributed by atoms with Gasteiger partial charge in [-0.25, -0.2) is 9.59 Å². The minimum absolute atomic E-state index is 0.0680. The zero-order valence-electron chi connectivity index (χ0n) is 16.9. The largest absolute Gasteiger partial charge is 0.445 e. The smallest absolute Gasteiger partial charge is 0.407 e. The molecule has 2 aromatic carbocycles. The van der Waals surface area contributed by atoms with E-state index >= 15 is 0 Å². The molecule has 1 aliphatic rings. The molecule has 0 radical (unpaired) electrons. The van der Waals surface area contributed by atoms with Crippen LogP contribution in [0.5, 0.6) is 0 Å². The molecule has 7 nitrogen and oxygen atoms in total. The number of hydrogen-bond acceptors (Lipinski definition) is 4. The first-order valence-corrected chi connectivity index (χ1v) is 9.72. The van der Waals surface area contributed by atoms with Crippen LogP contribution in [0, 0.1) is 0 Å². The number of ether oxygens (including phenoxy) is 2. The van der Waals surface area contributed by atoms with E-state index in [2.05, 4.69) is 27.3 Å². The van der Waals surface area contributed by atoms with Gasteiger partial charge in [0.15, 0.2) is 0 Å². The van der Waals surface area contributed by atoms with Crippen LogP contribution < -0.4 is 10.6 Å². The highest BCUT2D eigenvalue weighted by atomic mass is 16.6. The number of carbonyl (C=O) groups is 2. The minimum atomic E-state index is -0.515. The number of nitrogens with zero attached hydrogens (tertiary/aromatic N) is 1. The van der Waals surface area contributed by atoms with E-state index in [9.17, 15) is 9.59 Å². The molecule has 0 atom stereocenters. The van der Waals surface area contributed by atoms with Crippen molar-refractivity contribution in [3.05, 3.63) is 77.0 Å². The van der Waals surface area contributed by atoms with Crippen LogP contribution in [0.4, 0.5) is 9.59 Å². The molecule has 4 rings (SSSR count). The third-order valence-corrected chi connectivity index (χ3v) is 5.23. The standard InChI is InChI=1S/C23H23N3O4/c1-24-22(27)29-13-17-18(14-30-23(28)25-2)21(15-8-4-3-5-9-15)26-19-11-7-6-10-16(19)12-20(17)26/h3-11H,12-14H2,1-2H3,(H,24,27)(H,25,28). The number of carbonyl (C=O) groups excluding carboxylic acids is 2. The van der Waals surface area contributed by atoms with Crippen molar-refractivity contribution in [2.75, 3.05) is 14.1 Å². The fourth-order valence-corrected chi connectivity index (χ4v) is 3.88. The number of nitrogens with one attached hydrogen (secondary N) is 2.